The Hall–Kier alpha value is -2.62. The number of nitrogens with one attached hydrogen (secondary N) is 1. The lowest BCUT2D eigenvalue weighted by molar-refractivity contribution is 0.478. The lowest BCUT2D eigenvalue weighted by Gasteiger charge is -2.17. The van der Waals surface area contributed by atoms with Gasteiger partial charge in [0.25, 0.3) is 0 Å². The van der Waals surface area contributed by atoms with E-state index in [0.29, 0.717) is 12.0 Å². The average Bonchev–Trinajstić information content (AvgIpc) is 2.62. The molecule has 4 heteroatoms. The van der Waals surface area contributed by atoms with Gasteiger partial charge in [-0.15, -0.1) is 0 Å². The van der Waals surface area contributed by atoms with Crippen LogP contribution in [-0.2, 0) is 0 Å². The number of anilines is 1. The molecular weight excluding hydrogens is 322 g/mol. The fraction of sp³-hybridized carbons (Fsp3) is 0.364. The van der Waals surface area contributed by atoms with E-state index >= 15 is 0 Å². The van der Waals surface area contributed by atoms with Gasteiger partial charge in [-0.3, -0.25) is 0 Å². The molecule has 3 rings (SSSR count). The number of hydrogen-bond acceptors (Lipinski definition) is 4. The lowest BCUT2D eigenvalue weighted by Crippen LogP contribution is -2.20. The third kappa shape index (κ3) is 3.96. The van der Waals surface area contributed by atoms with Crippen molar-refractivity contribution < 1.29 is 5.11 Å². The van der Waals surface area contributed by atoms with Gasteiger partial charge in [-0.1, -0.05) is 51.0 Å². The van der Waals surface area contributed by atoms with E-state index in [2.05, 4.69) is 29.1 Å². The third-order valence-electron chi connectivity index (χ3n) is 4.74. The van der Waals surface area contributed by atoms with E-state index in [4.69, 9.17) is 0 Å². The molecule has 4 nitrogen and oxygen atoms in total. The van der Waals surface area contributed by atoms with Crippen LogP contribution in [0.3, 0.4) is 0 Å². The monoisotopic (exact) mass is 349 g/mol. The number of rotatable bonds is 7. The van der Waals surface area contributed by atoms with Crippen molar-refractivity contribution in [1.82, 2.24) is 9.97 Å². The van der Waals surface area contributed by atoms with Crippen molar-refractivity contribution in [2.24, 2.45) is 0 Å². The summed E-state index contributed by atoms with van der Waals surface area (Å²) < 4.78 is 0. The Labute approximate surface area is 155 Å². The maximum atomic E-state index is 10.5. The molecule has 0 bridgehead atoms. The summed E-state index contributed by atoms with van der Waals surface area (Å²) in [5.41, 5.74) is 3.72. The number of fused-ring (bicyclic) bond motifs is 1. The molecule has 0 unspecified atom stereocenters. The van der Waals surface area contributed by atoms with Crippen LogP contribution in [0.5, 0.6) is 5.75 Å². The molecule has 0 atom stereocenters. The first kappa shape index (κ1) is 18.2. The maximum absolute atomic E-state index is 10.5. The highest BCUT2D eigenvalue weighted by atomic mass is 16.3. The first-order valence-electron chi connectivity index (χ1n) is 9.44. The van der Waals surface area contributed by atoms with Gasteiger partial charge in [-0.2, -0.15) is 0 Å². The second kappa shape index (κ2) is 8.17. The normalized spacial score (nSPS) is 11.2. The maximum Gasteiger partial charge on any atom is 0.223 e. The summed E-state index contributed by atoms with van der Waals surface area (Å²) in [7, 11) is 0. The third-order valence-corrected chi connectivity index (χ3v) is 4.74. The van der Waals surface area contributed by atoms with Gasteiger partial charge in [0.1, 0.15) is 5.75 Å². The predicted octanol–water partition coefficient (Wildman–Crippen LogP) is 5.69. The molecular formula is C22H27N3O. The van der Waals surface area contributed by atoms with Crippen LogP contribution >= 0.6 is 0 Å². The van der Waals surface area contributed by atoms with E-state index in [1.165, 1.54) is 0 Å². The van der Waals surface area contributed by atoms with E-state index < -0.39 is 0 Å². The fourth-order valence-corrected chi connectivity index (χ4v) is 3.40. The molecule has 0 aliphatic heterocycles. The number of phenolic OH excluding ortho intramolecular Hbond substituents is 1. The Bertz CT molecular complexity index is 886. The number of nitrogens with zero attached hydrogens (tertiary/aromatic N) is 2. The Kier molecular flexibility index (Phi) is 5.71. The van der Waals surface area contributed by atoms with Gasteiger partial charge < -0.3 is 10.4 Å². The molecule has 0 saturated carbocycles. The fourth-order valence-electron chi connectivity index (χ4n) is 3.40. The average molecular weight is 349 g/mol. The van der Waals surface area contributed by atoms with Gasteiger partial charge in [0.05, 0.1) is 5.52 Å². The minimum absolute atomic E-state index is 0.245. The summed E-state index contributed by atoms with van der Waals surface area (Å²) in [6.07, 6.45) is 6.30. The summed E-state index contributed by atoms with van der Waals surface area (Å²) in [4.78, 5) is 9.11. The minimum Gasteiger partial charge on any atom is -0.507 e. The SMILES string of the molecule is CCCC(CCC)Nc1ncc2cc(-c3ccccc3C)c(O)cc2n1. The van der Waals surface area contributed by atoms with E-state index in [-0.39, 0.29) is 5.75 Å². The van der Waals surface area contributed by atoms with Gasteiger partial charge in [-0.05, 0) is 37.0 Å². The minimum atomic E-state index is 0.245. The second-order valence-corrected chi connectivity index (χ2v) is 6.86. The molecule has 0 aliphatic rings. The van der Waals surface area contributed by atoms with E-state index in [0.717, 1.165) is 53.3 Å². The van der Waals surface area contributed by atoms with E-state index in [1.54, 1.807) is 6.07 Å². The number of hydrogen-bond donors (Lipinski definition) is 2. The smallest absolute Gasteiger partial charge is 0.223 e. The van der Waals surface area contributed by atoms with Crippen molar-refractivity contribution in [1.29, 1.82) is 0 Å². The van der Waals surface area contributed by atoms with Crippen LogP contribution < -0.4 is 5.32 Å². The lowest BCUT2D eigenvalue weighted by atomic mass is 9.98. The highest BCUT2D eigenvalue weighted by molar-refractivity contribution is 5.88. The molecule has 0 spiro atoms. The second-order valence-electron chi connectivity index (χ2n) is 6.86. The van der Waals surface area contributed by atoms with Crippen LogP contribution in [0.1, 0.15) is 45.1 Å². The van der Waals surface area contributed by atoms with Crippen molar-refractivity contribution in [2.45, 2.75) is 52.5 Å². The molecule has 0 radical (unpaired) electrons. The molecule has 1 aromatic heterocycles. The van der Waals surface area contributed by atoms with E-state index in [1.807, 2.05) is 43.5 Å². The first-order valence-corrected chi connectivity index (χ1v) is 9.44. The van der Waals surface area contributed by atoms with Crippen LogP contribution in [0.15, 0.2) is 42.6 Å². The predicted molar refractivity (Wildman–Crippen MR) is 109 cm³/mol. The van der Waals surface area contributed by atoms with Crippen LogP contribution in [0.4, 0.5) is 5.95 Å². The van der Waals surface area contributed by atoms with Gasteiger partial charge in [-0.25, -0.2) is 9.97 Å². The zero-order valence-corrected chi connectivity index (χ0v) is 15.8. The van der Waals surface area contributed by atoms with Crippen molar-refractivity contribution in [3.8, 4) is 16.9 Å². The molecule has 0 saturated heterocycles. The molecule has 136 valence electrons. The Morgan fingerprint density at radius 1 is 1.04 bits per heavy atom. The van der Waals surface area contributed by atoms with Crippen molar-refractivity contribution in [2.75, 3.05) is 5.32 Å². The zero-order chi connectivity index (χ0) is 18.5. The van der Waals surface area contributed by atoms with Crippen molar-refractivity contribution >= 4 is 16.9 Å². The molecule has 26 heavy (non-hydrogen) atoms. The summed E-state index contributed by atoms with van der Waals surface area (Å²) in [5.74, 6) is 0.877. The number of aromatic nitrogens is 2. The van der Waals surface area contributed by atoms with Crippen LogP contribution in [0.25, 0.3) is 22.0 Å². The van der Waals surface area contributed by atoms with Crippen LogP contribution in [0.2, 0.25) is 0 Å². The molecule has 1 heterocycles. The highest BCUT2D eigenvalue weighted by Crippen LogP contribution is 2.34. The molecule has 0 fully saturated rings. The highest BCUT2D eigenvalue weighted by Gasteiger charge is 2.12. The zero-order valence-electron chi connectivity index (χ0n) is 15.8. The quantitative estimate of drug-likeness (QED) is 0.575. The summed E-state index contributed by atoms with van der Waals surface area (Å²) in [6, 6.07) is 12.1. The summed E-state index contributed by atoms with van der Waals surface area (Å²) in [6.45, 7) is 6.43. The summed E-state index contributed by atoms with van der Waals surface area (Å²) in [5, 5.41) is 14.9. The van der Waals surface area contributed by atoms with Crippen LogP contribution in [0, 0.1) is 6.92 Å². The van der Waals surface area contributed by atoms with Crippen LogP contribution in [-0.4, -0.2) is 21.1 Å². The largest absolute Gasteiger partial charge is 0.507 e. The van der Waals surface area contributed by atoms with Crippen molar-refractivity contribution in [3.63, 3.8) is 0 Å². The number of aromatic hydroxyl groups is 1. The Balaban J connectivity index is 1.94. The Morgan fingerprint density at radius 3 is 2.46 bits per heavy atom. The van der Waals surface area contributed by atoms with Gasteiger partial charge in [0.2, 0.25) is 5.95 Å². The Morgan fingerprint density at radius 2 is 1.77 bits per heavy atom. The van der Waals surface area contributed by atoms with E-state index in [9.17, 15) is 5.11 Å². The topological polar surface area (TPSA) is 58.0 Å². The standard InChI is InChI=1S/C22H27N3O/c1-4-8-17(9-5-2)24-22-23-14-16-12-19(21(26)13-20(16)25-22)18-11-7-6-10-15(18)3/h6-7,10-14,17,26H,4-5,8-9H2,1-3H3,(H,23,24,25). The molecule has 0 aliphatic carbocycles. The van der Waals surface area contributed by atoms with Gasteiger partial charge in [0, 0.05) is 29.3 Å². The molecule has 2 N–H and O–H groups in total. The number of aryl methyl sites for hydroxylation is 1. The molecule has 3 aromatic rings. The summed E-state index contributed by atoms with van der Waals surface area (Å²) >= 11 is 0. The number of benzene rings is 2. The first-order chi connectivity index (χ1) is 12.6. The molecule has 2 aromatic carbocycles. The number of phenols is 1. The van der Waals surface area contributed by atoms with Gasteiger partial charge in [0.15, 0.2) is 0 Å². The van der Waals surface area contributed by atoms with Gasteiger partial charge >= 0.3 is 0 Å². The molecule has 0 amide bonds. The van der Waals surface area contributed by atoms with Crippen molar-refractivity contribution in [3.05, 3.63) is 48.2 Å².